The van der Waals surface area contributed by atoms with Crippen LogP contribution in [0.15, 0.2) is 11.4 Å². The molecule has 7 heteroatoms. The molecule has 118 valence electrons. The molecule has 0 bridgehead atoms. The number of carbonyl (C=O) groups excluding carboxylic acids is 2. The molecule has 1 saturated heterocycles. The van der Waals surface area contributed by atoms with Gasteiger partial charge in [0.1, 0.15) is 0 Å². The van der Waals surface area contributed by atoms with Crippen molar-refractivity contribution in [3.05, 3.63) is 11.4 Å². The highest BCUT2D eigenvalue weighted by molar-refractivity contribution is 6.02. The highest BCUT2D eigenvalue weighted by Gasteiger charge is 2.49. The van der Waals surface area contributed by atoms with Crippen molar-refractivity contribution in [3.8, 4) is 0 Å². The van der Waals surface area contributed by atoms with E-state index < -0.39 is 0 Å². The Morgan fingerprint density at radius 1 is 1.23 bits per heavy atom. The lowest BCUT2D eigenvalue weighted by Gasteiger charge is -2.13. The number of hydrogen-bond donors (Lipinski definition) is 0. The maximum Gasteiger partial charge on any atom is 0.448 e. The van der Waals surface area contributed by atoms with Crippen LogP contribution in [-0.4, -0.2) is 88.7 Å². The molecule has 0 aromatic carbocycles. The van der Waals surface area contributed by atoms with Gasteiger partial charge in [0.2, 0.25) is 12.0 Å². The van der Waals surface area contributed by atoms with E-state index in [1.807, 2.05) is 18.5 Å². The summed E-state index contributed by atoms with van der Waals surface area (Å²) in [5, 5.41) is 0. The summed E-state index contributed by atoms with van der Waals surface area (Å²) < 4.78 is 3.46. The Morgan fingerprint density at radius 2 is 1.86 bits per heavy atom. The molecule has 7 nitrogen and oxygen atoms in total. The van der Waals surface area contributed by atoms with Gasteiger partial charge in [0.15, 0.2) is 18.1 Å². The van der Waals surface area contributed by atoms with Crippen LogP contribution in [-0.2, 0) is 4.79 Å². The van der Waals surface area contributed by atoms with Crippen LogP contribution in [0.4, 0.5) is 4.79 Å². The Bertz CT molecular complexity index is 628. The second-order valence-corrected chi connectivity index (χ2v) is 6.18. The fraction of sp³-hybridized carbons (Fsp3) is 0.600. The van der Waals surface area contributed by atoms with Gasteiger partial charge in [-0.15, -0.1) is 0 Å². The summed E-state index contributed by atoms with van der Waals surface area (Å²) in [4.78, 5) is 30.6. The second kappa shape index (κ2) is 5.23. The maximum absolute atomic E-state index is 12.7. The fourth-order valence-electron chi connectivity index (χ4n) is 3.25. The quantitative estimate of drug-likeness (QED) is 0.503. The molecule has 3 heterocycles. The SMILES string of the molecule is CC1C2=C(C(=O)N(C)C=[N+]1C)[N+](=CN1CCCC1)C(=O)N2C. The van der Waals surface area contributed by atoms with Crippen LogP contribution in [0.1, 0.15) is 19.8 Å². The summed E-state index contributed by atoms with van der Waals surface area (Å²) in [6.07, 6.45) is 5.83. The molecule has 3 amide bonds. The van der Waals surface area contributed by atoms with Crippen molar-refractivity contribution in [2.24, 2.45) is 0 Å². The molecular formula is C15H23N5O2+2. The zero-order valence-corrected chi connectivity index (χ0v) is 13.6. The molecule has 0 radical (unpaired) electrons. The topological polar surface area (TPSA) is 49.9 Å². The summed E-state index contributed by atoms with van der Waals surface area (Å²) in [6.45, 7) is 3.87. The third-order valence-corrected chi connectivity index (χ3v) is 4.64. The van der Waals surface area contributed by atoms with Gasteiger partial charge in [-0.3, -0.25) is 9.48 Å². The highest BCUT2D eigenvalue weighted by atomic mass is 16.2. The average Bonchev–Trinajstić information content (AvgIpc) is 3.05. The summed E-state index contributed by atoms with van der Waals surface area (Å²) in [5.74, 6) is -0.153. The van der Waals surface area contributed by atoms with Crippen LogP contribution in [0.25, 0.3) is 0 Å². The van der Waals surface area contributed by atoms with E-state index in [2.05, 4.69) is 4.90 Å². The largest absolute Gasteiger partial charge is 0.448 e. The van der Waals surface area contributed by atoms with Gasteiger partial charge in [0.25, 0.3) is 0 Å². The van der Waals surface area contributed by atoms with Crippen LogP contribution >= 0.6 is 0 Å². The molecule has 0 aromatic heterocycles. The Morgan fingerprint density at radius 3 is 2.50 bits per heavy atom. The highest BCUT2D eigenvalue weighted by Crippen LogP contribution is 2.27. The van der Waals surface area contributed by atoms with E-state index >= 15 is 0 Å². The van der Waals surface area contributed by atoms with E-state index in [4.69, 9.17) is 0 Å². The van der Waals surface area contributed by atoms with E-state index in [9.17, 15) is 9.59 Å². The molecule has 3 aliphatic heterocycles. The second-order valence-electron chi connectivity index (χ2n) is 6.18. The Kier molecular flexibility index (Phi) is 3.50. The molecule has 0 saturated carbocycles. The number of nitrogens with zero attached hydrogens (tertiary/aromatic N) is 5. The maximum atomic E-state index is 12.7. The van der Waals surface area contributed by atoms with Crippen LogP contribution in [0.5, 0.6) is 0 Å². The van der Waals surface area contributed by atoms with Crippen molar-refractivity contribution in [2.45, 2.75) is 25.8 Å². The van der Waals surface area contributed by atoms with Crippen LogP contribution < -0.4 is 0 Å². The molecule has 0 aromatic rings. The summed E-state index contributed by atoms with van der Waals surface area (Å²) in [5.41, 5.74) is 1.23. The van der Waals surface area contributed by atoms with Crippen molar-refractivity contribution in [1.29, 1.82) is 0 Å². The van der Waals surface area contributed by atoms with Crippen LogP contribution in [0.2, 0.25) is 0 Å². The third kappa shape index (κ3) is 2.12. The minimum Gasteiger partial charge on any atom is -0.298 e. The lowest BCUT2D eigenvalue weighted by Crippen LogP contribution is -2.38. The molecule has 0 aliphatic carbocycles. The van der Waals surface area contributed by atoms with Crippen LogP contribution in [0, 0.1) is 0 Å². The third-order valence-electron chi connectivity index (χ3n) is 4.64. The first kappa shape index (κ1) is 14.7. The van der Waals surface area contributed by atoms with Gasteiger partial charge in [-0.1, -0.05) is 0 Å². The van der Waals surface area contributed by atoms with Gasteiger partial charge < -0.3 is 0 Å². The van der Waals surface area contributed by atoms with Gasteiger partial charge in [-0.25, -0.2) is 14.5 Å². The van der Waals surface area contributed by atoms with Gasteiger partial charge in [-0.2, -0.15) is 9.48 Å². The zero-order valence-electron chi connectivity index (χ0n) is 13.6. The Labute approximate surface area is 130 Å². The van der Waals surface area contributed by atoms with Gasteiger partial charge >= 0.3 is 11.9 Å². The first-order chi connectivity index (χ1) is 10.4. The average molecular weight is 305 g/mol. The van der Waals surface area contributed by atoms with E-state index in [-0.39, 0.29) is 18.0 Å². The van der Waals surface area contributed by atoms with Crippen molar-refractivity contribution >= 4 is 24.6 Å². The van der Waals surface area contributed by atoms with E-state index in [1.54, 1.807) is 31.7 Å². The molecule has 0 spiro atoms. The van der Waals surface area contributed by atoms with Crippen LogP contribution in [0.3, 0.4) is 0 Å². The predicted octanol–water partition coefficient (Wildman–Crippen LogP) is -0.0689. The molecule has 3 rings (SSSR count). The Hall–Kier alpha value is -2.18. The molecule has 0 N–H and O–H groups in total. The molecular weight excluding hydrogens is 282 g/mol. The number of likely N-dealkylation sites (tertiary alicyclic amines) is 1. The van der Waals surface area contributed by atoms with Gasteiger partial charge in [-0.05, 0) is 19.8 Å². The van der Waals surface area contributed by atoms with Gasteiger partial charge in [0.05, 0.1) is 34.2 Å². The first-order valence-corrected chi connectivity index (χ1v) is 7.66. The standard InChI is InChI=1S/C15H23N5O2/c1-11-12-13(14(21)17(3)9-16(11)2)20(15(22)18(12)4)10-19-7-5-6-8-19/h9-11H,5-8H2,1-4H3/q+2. The Balaban J connectivity index is 2.12. The number of urea groups is 1. The van der Waals surface area contributed by atoms with E-state index in [1.165, 1.54) is 9.48 Å². The number of rotatable bonds is 1. The van der Waals surface area contributed by atoms with Crippen molar-refractivity contribution in [2.75, 3.05) is 34.2 Å². The number of likely N-dealkylation sites (N-methyl/N-ethyl adjacent to an activating group) is 3. The van der Waals surface area contributed by atoms with Crippen molar-refractivity contribution in [1.82, 2.24) is 14.7 Å². The number of amides is 3. The molecule has 1 unspecified atom stereocenters. The lowest BCUT2D eigenvalue weighted by atomic mass is 10.2. The number of hydrogen-bond acceptors (Lipinski definition) is 2. The summed E-state index contributed by atoms with van der Waals surface area (Å²) >= 11 is 0. The minimum absolute atomic E-state index is 0.0465. The van der Waals surface area contributed by atoms with Crippen molar-refractivity contribution < 1.29 is 18.7 Å². The fourth-order valence-corrected chi connectivity index (χ4v) is 3.25. The summed E-state index contributed by atoms with van der Waals surface area (Å²) in [7, 11) is 5.37. The molecule has 1 fully saturated rings. The van der Waals surface area contributed by atoms with Crippen molar-refractivity contribution in [3.63, 3.8) is 0 Å². The monoisotopic (exact) mass is 305 g/mol. The van der Waals surface area contributed by atoms with Gasteiger partial charge in [0, 0.05) is 0 Å². The predicted molar refractivity (Wildman–Crippen MR) is 81.8 cm³/mol. The smallest absolute Gasteiger partial charge is 0.298 e. The normalized spacial score (nSPS) is 27.8. The number of carbonyl (C=O) groups is 2. The minimum atomic E-state index is -0.166. The lowest BCUT2D eigenvalue weighted by molar-refractivity contribution is -0.524. The van der Waals surface area contributed by atoms with E-state index in [0.717, 1.165) is 31.6 Å². The first-order valence-electron chi connectivity index (χ1n) is 7.66. The summed E-state index contributed by atoms with van der Waals surface area (Å²) in [6, 6.07) is -0.212. The molecule has 1 atom stereocenters. The van der Waals surface area contributed by atoms with E-state index in [0.29, 0.717) is 5.70 Å². The molecule has 22 heavy (non-hydrogen) atoms. The molecule has 3 aliphatic rings. The zero-order chi connectivity index (χ0) is 16.0.